The van der Waals surface area contributed by atoms with Gasteiger partial charge in [0.25, 0.3) is 0 Å². The van der Waals surface area contributed by atoms with E-state index in [9.17, 15) is 13.2 Å². The van der Waals surface area contributed by atoms with Crippen LogP contribution in [0.1, 0.15) is 39.2 Å². The highest BCUT2D eigenvalue weighted by molar-refractivity contribution is 7.88. The molecule has 1 aliphatic heterocycles. The molecule has 1 aromatic carbocycles. The number of anilines is 1. The van der Waals surface area contributed by atoms with Crippen LogP contribution in [0.15, 0.2) is 24.3 Å². The van der Waals surface area contributed by atoms with Crippen LogP contribution in [0.3, 0.4) is 0 Å². The zero-order valence-corrected chi connectivity index (χ0v) is 15.1. The third kappa shape index (κ3) is 4.78. The molecular weight excluding hydrogens is 312 g/mol. The molecule has 1 aromatic rings. The van der Waals surface area contributed by atoms with Gasteiger partial charge in [0, 0.05) is 24.7 Å². The first-order chi connectivity index (χ1) is 10.6. The van der Waals surface area contributed by atoms with Crippen LogP contribution < -0.4 is 5.32 Å². The SMILES string of the molecule is CC(C)(C)c1ccc(NC(=O)C2CCN(S(C)(=O)=O)CC2)cc1. The van der Waals surface area contributed by atoms with Gasteiger partial charge in [-0.3, -0.25) is 4.79 Å². The van der Waals surface area contributed by atoms with Gasteiger partial charge in [-0.15, -0.1) is 0 Å². The maximum absolute atomic E-state index is 12.3. The van der Waals surface area contributed by atoms with Crippen molar-refractivity contribution in [2.75, 3.05) is 24.7 Å². The molecule has 5 nitrogen and oxygen atoms in total. The minimum Gasteiger partial charge on any atom is -0.326 e. The van der Waals surface area contributed by atoms with Crippen LogP contribution in [0.2, 0.25) is 0 Å². The lowest BCUT2D eigenvalue weighted by Crippen LogP contribution is -2.40. The Morgan fingerprint density at radius 1 is 1.13 bits per heavy atom. The lowest BCUT2D eigenvalue weighted by atomic mass is 9.87. The molecule has 6 heteroatoms. The van der Waals surface area contributed by atoms with Crippen LogP contribution in [0, 0.1) is 5.92 Å². The van der Waals surface area contributed by atoms with Crippen LogP contribution in [-0.2, 0) is 20.2 Å². The number of piperidine rings is 1. The maximum Gasteiger partial charge on any atom is 0.227 e. The molecule has 0 saturated carbocycles. The molecule has 128 valence electrons. The van der Waals surface area contributed by atoms with E-state index in [2.05, 4.69) is 26.1 Å². The van der Waals surface area contributed by atoms with Crippen molar-refractivity contribution in [1.82, 2.24) is 4.31 Å². The van der Waals surface area contributed by atoms with Crippen molar-refractivity contribution < 1.29 is 13.2 Å². The summed E-state index contributed by atoms with van der Waals surface area (Å²) in [5.74, 6) is -0.156. The first-order valence-corrected chi connectivity index (χ1v) is 9.79. The molecule has 0 aromatic heterocycles. The third-order valence-corrected chi connectivity index (χ3v) is 5.62. The van der Waals surface area contributed by atoms with Crippen molar-refractivity contribution >= 4 is 21.6 Å². The first kappa shape index (κ1) is 17.9. The Bertz CT molecular complexity index is 652. The molecule has 0 unspecified atom stereocenters. The molecule has 0 radical (unpaired) electrons. The summed E-state index contributed by atoms with van der Waals surface area (Å²) in [5.41, 5.74) is 2.09. The number of sulfonamides is 1. The Kier molecular flexibility index (Phi) is 5.16. The van der Waals surface area contributed by atoms with Gasteiger partial charge in [0.2, 0.25) is 15.9 Å². The fraction of sp³-hybridized carbons (Fsp3) is 0.588. The summed E-state index contributed by atoms with van der Waals surface area (Å²) in [6.07, 6.45) is 2.35. The molecular formula is C17H26N2O3S. The Labute approximate surface area is 139 Å². The Hall–Kier alpha value is -1.40. The molecule has 1 aliphatic rings. The molecule has 1 N–H and O–H groups in total. The van der Waals surface area contributed by atoms with Crippen molar-refractivity contribution in [1.29, 1.82) is 0 Å². The number of hydrogen-bond donors (Lipinski definition) is 1. The Morgan fingerprint density at radius 2 is 1.65 bits per heavy atom. The van der Waals surface area contributed by atoms with Crippen LogP contribution in [0.25, 0.3) is 0 Å². The molecule has 1 heterocycles. The van der Waals surface area contributed by atoms with Gasteiger partial charge in [-0.2, -0.15) is 0 Å². The summed E-state index contributed by atoms with van der Waals surface area (Å²) in [7, 11) is -3.15. The predicted molar refractivity (Wildman–Crippen MR) is 92.9 cm³/mol. The van der Waals surface area contributed by atoms with Crippen molar-refractivity contribution in [2.45, 2.75) is 39.0 Å². The molecule has 1 fully saturated rings. The molecule has 23 heavy (non-hydrogen) atoms. The van der Waals surface area contributed by atoms with E-state index in [1.807, 2.05) is 24.3 Å². The van der Waals surface area contributed by atoms with Gasteiger partial charge >= 0.3 is 0 Å². The van der Waals surface area contributed by atoms with E-state index in [0.29, 0.717) is 25.9 Å². The minimum absolute atomic E-state index is 0.0262. The quantitative estimate of drug-likeness (QED) is 0.921. The molecule has 0 atom stereocenters. The van der Waals surface area contributed by atoms with Gasteiger partial charge in [0.15, 0.2) is 0 Å². The molecule has 0 spiro atoms. The highest BCUT2D eigenvalue weighted by Crippen LogP contribution is 2.25. The zero-order valence-electron chi connectivity index (χ0n) is 14.3. The van der Waals surface area contributed by atoms with Crippen LogP contribution >= 0.6 is 0 Å². The highest BCUT2D eigenvalue weighted by atomic mass is 32.2. The van der Waals surface area contributed by atoms with E-state index in [-0.39, 0.29) is 17.2 Å². The highest BCUT2D eigenvalue weighted by Gasteiger charge is 2.28. The van der Waals surface area contributed by atoms with Gasteiger partial charge in [-0.05, 0) is 36.0 Å². The average molecular weight is 338 g/mol. The number of carbonyl (C=O) groups is 1. The number of rotatable bonds is 3. The average Bonchev–Trinajstić information content (AvgIpc) is 2.46. The number of nitrogens with zero attached hydrogens (tertiary/aromatic N) is 1. The number of carbonyl (C=O) groups excluding carboxylic acids is 1. The Balaban J connectivity index is 1.93. The van der Waals surface area contributed by atoms with Crippen molar-refractivity contribution in [2.24, 2.45) is 5.92 Å². The van der Waals surface area contributed by atoms with E-state index in [0.717, 1.165) is 5.69 Å². The van der Waals surface area contributed by atoms with Gasteiger partial charge in [0.1, 0.15) is 0 Å². The van der Waals surface area contributed by atoms with Crippen LogP contribution in [-0.4, -0.2) is 38.0 Å². The summed E-state index contributed by atoms with van der Waals surface area (Å²) in [6.45, 7) is 7.28. The first-order valence-electron chi connectivity index (χ1n) is 7.94. The number of benzene rings is 1. The number of hydrogen-bond acceptors (Lipinski definition) is 3. The van der Waals surface area contributed by atoms with Crippen molar-refractivity contribution in [3.63, 3.8) is 0 Å². The van der Waals surface area contributed by atoms with Crippen LogP contribution in [0.5, 0.6) is 0 Å². The van der Waals surface area contributed by atoms with E-state index in [4.69, 9.17) is 0 Å². The third-order valence-electron chi connectivity index (χ3n) is 4.31. The van der Waals surface area contributed by atoms with Crippen LogP contribution in [0.4, 0.5) is 5.69 Å². The largest absolute Gasteiger partial charge is 0.326 e. The molecule has 1 amide bonds. The van der Waals surface area contributed by atoms with E-state index >= 15 is 0 Å². The van der Waals surface area contributed by atoms with Crippen molar-refractivity contribution in [3.8, 4) is 0 Å². The maximum atomic E-state index is 12.3. The fourth-order valence-corrected chi connectivity index (χ4v) is 3.62. The second kappa shape index (κ2) is 6.61. The topological polar surface area (TPSA) is 66.5 Å². The molecule has 0 aliphatic carbocycles. The predicted octanol–water partition coefficient (Wildman–Crippen LogP) is 2.59. The zero-order chi connectivity index (χ0) is 17.3. The smallest absolute Gasteiger partial charge is 0.227 e. The summed E-state index contributed by atoms with van der Waals surface area (Å²) in [6, 6.07) is 7.90. The molecule has 2 rings (SSSR count). The Morgan fingerprint density at radius 3 is 2.09 bits per heavy atom. The van der Waals surface area contributed by atoms with Gasteiger partial charge < -0.3 is 5.32 Å². The number of amides is 1. The summed E-state index contributed by atoms with van der Waals surface area (Å²) in [5, 5.41) is 2.94. The summed E-state index contributed by atoms with van der Waals surface area (Å²) < 4.78 is 24.4. The van der Waals surface area contributed by atoms with Gasteiger partial charge in [0.05, 0.1) is 6.26 Å². The fourth-order valence-electron chi connectivity index (χ4n) is 2.75. The summed E-state index contributed by atoms with van der Waals surface area (Å²) >= 11 is 0. The second-order valence-electron chi connectivity index (χ2n) is 7.25. The standard InChI is InChI=1S/C17H26N2O3S/c1-17(2,3)14-5-7-15(8-6-14)18-16(20)13-9-11-19(12-10-13)23(4,21)22/h5-8,13H,9-12H2,1-4H3,(H,18,20). The molecule has 0 bridgehead atoms. The molecule has 1 saturated heterocycles. The van der Waals surface area contributed by atoms with Gasteiger partial charge in [-0.25, -0.2) is 12.7 Å². The minimum atomic E-state index is -3.15. The normalized spacial score (nSPS) is 17.9. The van der Waals surface area contributed by atoms with E-state index in [1.165, 1.54) is 16.1 Å². The van der Waals surface area contributed by atoms with E-state index in [1.54, 1.807) is 0 Å². The second-order valence-corrected chi connectivity index (χ2v) is 9.24. The van der Waals surface area contributed by atoms with Crippen molar-refractivity contribution in [3.05, 3.63) is 29.8 Å². The monoisotopic (exact) mass is 338 g/mol. The van der Waals surface area contributed by atoms with E-state index < -0.39 is 10.0 Å². The lowest BCUT2D eigenvalue weighted by Gasteiger charge is -2.29. The van der Waals surface area contributed by atoms with Gasteiger partial charge in [-0.1, -0.05) is 32.9 Å². The lowest BCUT2D eigenvalue weighted by molar-refractivity contribution is -0.120. The number of nitrogens with one attached hydrogen (secondary N) is 1. The summed E-state index contributed by atoms with van der Waals surface area (Å²) in [4.78, 5) is 12.3.